The third-order valence-electron chi connectivity index (χ3n) is 3.90. The van der Waals surface area contributed by atoms with Gasteiger partial charge in [0.2, 0.25) is 5.91 Å². The molecular formula is C20H15F4N3O. The van der Waals surface area contributed by atoms with Gasteiger partial charge in [0.1, 0.15) is 11.6 Å². The van der Waals surface area contributed by atoms with Crippen molar-refractivity contribution in [2.24, 2.45) is 0 Å². The Kier molecular flexibility index (Phi) is 5.58. The lowest BCUT2D eigenvalue weighted by Gasteiger charge is -2.10. The van der Waals surface area contributed by atoms with Gasteiger partial charge in [-0.05, 0) is 29.8 Å². The highest BCUT2D eigenvalue weighted by Gasteiger charge is 2.29. The van der Waals surface area contributed by atoms with E-state index in [4.69, 9.17) is 0 Å². The Morgan fingerprint density at radius 3 is 2.46 bits per heavy atom. The van der Waals surface area contributed by atoms with Crippen LogP contribution in [0, 0.1) is 5.82 Å². The van der Waals surface area contributed by atoms with Crippen molar-refractivity contribution in [1.82, 2.24) is 9.78 Å². The van der Waals surface area contributed by atoms with Gasteiger partial charge in [0.15, 0.2) is 0 Å². The Hall–Kier alpha value is -3.42. The summed E-state index contributed by atoms with van der Waals surface area (Å²) in [5.74, 6) is -0.570. The number of halogens is 4. The first-order valence-corrected chi connectivity index (χ1v) is 8.24. The van der Waals surface area contributed by atoms with Crippen molar-refractivity contribution < 1.29 is 22.4 Å². The van der Waals surface area contributed by atoms with Crippen LogP contribution in [0.2, 0.25) is 0 Å². The summed E-state index contributed by atoms with van der Waals surface area (Å²) in [6.45, 7) is 0.178. The highest BCUT2D eigenvalue weighted by Crippen LogP contribution is 2.29. The number of anilines is 1. The van der Waals surface area contributed by atoms with Crippen LogP contribution in [-0.2, 0) is 17.5 Å². The van der Waals surface area contributed by atoms with E-state index in [1.54, 1.807) is 18.2 Å². The molecule has 144 valence electrons. The topological polar surface area (TPSA) is 46.9 Å². The molecule has 0 bridgehead atoms. The molecule has 4 nitrogen and oxygen atoms in total. The molecular weight excluding hydrogens is 374 g/mol. The normalized spacial score (nSPS) is 11.7. The fourth-order valence-corrected chi connectivity index (χ4v) is 2.48. The van der Waals surface area contributed by atoms with Crippen molar-refractivity contribution in [2.75, 3.05) is 5.32 Å². The van der Waals surface area contributed by atoms with Crippen LogP contribution in [0.1, 0.15) is 16.7 Å². The molecule has 8 heteroatoms. The van der Waals surface area contributed by atoms with Gasteiger partial charge in [-0.2, -0.15) is 18.3 Å². The van der Waals surface area contributed by atoms with Crippen molar-refractivity contribution in [3.05, 3.63) is 89.4 Å². The molecule has 0 saturated carbocycles. The first-order valence-electron chi connectivity index (χ1n) is 8.24. The Balaban J connectivity index is 1.67. The van der Waals surface area contributed by atoms with Gasteiger partial charge in [0, 0.05) is 17.7 Å². The van der Waals surface area contributed by atoms with Gasteiger partial charge in [-0.1, -0.05) is 30.3 Å². The Morgan fingerprint density at radius 1 is 1.07 bits per heavy atom. The second-order valence-corrected chi connectivity index (χ2v) is 5.91. The number of benzene rings is 2. The molecule has 0 aliphatic heterocycles. The summed E-state index contributed by atoms with van der Waals surface area (Å²) in [7, 11) is 0. The summed E-state index contributed by atoms with van der Waals surface area (Å²) in [5.41, 5.74) is 0.133. The van der Waals surface area contributed by atoms with E-state index >= 15 is 0 Å². The van der Waals surface area contributed by atoms with E-state index < -0.39 is 23.5 Å². The van der Waals surface area contributed by atoms with E-state index in [1.165, 1.54) is 47.3 Å². The Bertz CT molecular complexity index is 991. The van der Waals surface area contributed by atoms with E-state index in [9.17, 15) is 22.4 Å². The molecule has 3 aromatic rings. The van der Waals surface area contributed by atoms with E-state index in [2.05, 4.69) is 10.4 Å². The smallest absolute Gasteiger partial charge is 0.307 e. The summed E-state index contributed by atoms with van der Waals surface area (Å²) in [6, 6.07) is 12.3. The van der Waals surface area contributed by atoms with Gasteiger partial charge in [-0.15, -0.1) is 0 Å². The quantitative estimate of drug-likeness (QED) is 0.506. The number of nitrogens with zero attached hydrogens (tertiary/aromatic N) is 2. The number of carbonyl (C=O) groups excluding carboxylic acids is 1. The van der Waals surface area contributed by atoms with Crippen LogP contribution >= 0.6 is 0 Å². The molecule has 0 saturated heterocycles. The van der Waals surface area contributed by atoms with E-state index in [-0.39, 0.29) is 12.1 Å². The lowest BCUT2D eigenvalue weighted by molar-refractivity contribution is -0.137. The highest BCUT2D eigenvalue weighted by atomic mass is 19.4. The number of carbonyl (C=O) groups is 1. The minimum Gasteiger partial charge on any atom is -0.307 e. The van der Waals surface area contributed by atoms with E-state index in [0.717, 1.165) is 12.1 Å². The Labute approximate surface area is 158 Å². The minimum atomic E-state index is -4.39. The summed E-state index contributed by atoms with van der Waals surface area (Å²) >= 11 is 0. The molecule has 2 aromatic carbocycles. The van der Waals surface area contributed by atoms with Crippen LogP contribution in [0.5, 0.6) is 0 Å². The first kappa shape index (κ1) is 19.3. The highest BCUT2D eigenvalue weighted by molar-refractivity contribution is 6.01. The molecule has 1 amide bonds. The number of nitrogens with one attached hydrogen (secondary N) is 1. The standard InChI is InChI=1S/C20H15F4N3O/c21-17-4-2-1-3-15(17)7-10-19(28)26-18-11-12-25-27(18)13-14-5-8-16(9-6-14)20(22,23)24/h1-12H,13H2,(H,26,28). The maximum absolute atomic E-state index is 13.6. The third-order valence-corrected chi connectivity index (χ3v) is 3.90. The zero-order chi connectivity index (χ0) is 20.1. The number of aromatic nitrogens is 2. The lowest BCUT2D eigenvalue weighted by atomic mass is 10.1. The number of alkyl halides is 3. The summed E-state index contributed by atoms with van der Waals surface area (Å²) < 4.78 is 52.9. The monoisotopic (exact) mass is 389 g/mol. The zero-order valence-electron chi connectivity index (χ0n) is 14.4. The maximum atomic E-state index is 13.6. The molecule has 1 heterocycles. The average molecular weight is 389 g/mol. The molecule has 1 N–H and O–H groups in total. The number of hydrogen-bond donors (Lipinski definition) is 1. The zero-order valence-corrected chi connectivity index (χ0v) is 14.4. The van der Waals surface area contributed by atoms with Gasteiger partial charge in [-0.25, -0.2) is 9.07 Å². The van der Waals surface area contributed by atoms with Gasteiger partial charge in [0.25, 0.3) is 0 Å². The minimum absolute atomic E-state index is 0.178. The molecule has 0 atom stereocenters. The largest absolute Gasteiger partial charge is 0.416 e. The predicted molar refractivity (Wildman–Crippen MR) is 96.8 cm³/mol. The van der Waals surface area contributed by atoms with Crippen LogP contribution in [0.4, 0.5) is 23.4 Å². The fourth-order valence-electron chi connectivity index (χ4n) is 2.48. The van der Waals surface area contributed by atoms with E-state index in [1.807, 2.05) is 0 Å². The molecule has 28 heavy (non-hydrogen) atoms. The lowest BCUT2D eigenvalue weighted by Crippen LogP contribution is -2.14. The van der Waals surface area contributed by atoms with Gasteiger partial charge >= 0.3 is 6.18 Å². The summed E-state index contributed by atoms with van der Waals surface area (Å²) in [5, 5.41) is 6.67. The van der Waals surface area contributed by atoms with Crippen LogP contribution in [0.25, 0.3) is 6.08 Å². The number of amides is 1. The number of hydrogen-bond acceptors (Lipinski definition) is 2. The SMILES string of the molecule is O=C(C=Cc1ccccc1F)Nc1ccnn1Cc1ccc(C(F)(F)F)cc1. The van der Waals surface area contributed by atoms with Gasteiger partial charge < -0.3 is 5.32 Å². The van der Waals surface area contributed by atoms with Crippen LogP contribution in [-0.4, -0.2) is 15.7 Å². The van der Waals surface area contributed by atoms with Crippen molar-refractivity contribution in [2.45, 2.75) is 12.7 Å². The molecule has 0 aliphatic carbocycles. The molecule has 1 aromatic heterocycles. The fraction of sp³-hybridized carbons (Fsp3) is 0.100. The third kappa shape index (κ3) is 4.85. The predicted octanol–water partition coefficient (Wildman–Crippen LogP) is 4.74. The summed E-state index contributed by atoms with van der Waals surface area (Å²) in [4.78, 5) is 12.1. The number of rotatable bonds is 5. The maximum Gasteiger partial charge on any atom is 0.416 e. The average Bonchev–Trinajstić information content (AvgIpc) is 3.07. The molecule has 0 unspecified atom stereocenters. The first-order chi connectivity index (χ1) is 13.3. The van der Waals surface area contributed by atoms with Crippen molar-refractivity contribution in [1.29, 1.82) is 0 Å². The Morgan fingerprint density at radius 2 is 1.79 bits per heavy atom. The van der Waals surface area contributed by atoms with Crippen molar-refractivity contribution >= 4 is 17.8 Å². The van der Waals surface area contributed by atoms with Gasteiger partial charge in [0.05, 0.1) is 18.3 Å². The molecule has 3 rings (SSSR count). The molecule has 0 radical (unpaired) electrons. The molecule has 0 spiro atoms. The van der Waals surface area contributed by atoms with Gasteiger partial charge in [-0.3, -0.25) is 4.79 Å². The summed E-state index contributed by atoms with van der Waals surface area (Å²) in [6.07, 6.45) is -0.399. The van der Waals surface area contributed by atoms with Crippen LogP contribution in [0.15, 0.2) is 66.9 Å². The molecule has 0 fully saturated rings. The van der Waals surface area contributed by atoms with Crippen molar-refractivity contribution in [3.63, 3.8) is 0 Å². The molecule has 0 aliphatic rings. The van der Waals surface area contributed by atoms with E-state index in [0.29, 0.717) is 11.4 Å². The van der Waals surface area contributed by atoms with Crippen LogP contribution < -0.4 is 5.32 Å². The van der Waals surface area contributed by atoms with Crippen LogP contribution in [0.3, 0.4) is 0 Å². The second-order valence-electron chi connectivity index (χ2n) is 5.91. The second kappa shape index (κ2) is 8.08. The van der Waals surface area contributed by atoms with Crippen molar-refractivity contribution in [3.8, 4) is 0 Å².